The number of nitrogens with one attached hydrogen (secondary N) is 1. The third-order valence-electron chi connectivity index (χ3n) is 8.63. The van der Waals surface area contributed by atoms with Gasteiger partial charge in [-0.05, 0) is 73.1 Å². The Kier molecular flexibility index (Phi) is 5.42. The highest BCUT2D eigenvalue weighted by Gasteiger charge is 2.61. The Morgan fingerprint density at radius 1 is 1.10 bits per heavy atom. The Morgan fingerprint density at radius 3 is 2.23 bits per heavy atom. The minimum atomic E-state index is -3.54. The standard InChI is InChI=1S/C23H34N2O4S/c1-22(2)17-9-12-23(22,3)20(15-17)24-21(26)16-10-13-25(14-11-16)30(27,28)19-7-5-18(29-4)6-8-19/h5-8,16-17,20H,9-15H2,1-4H3,(H,24,26). The van der Waals surface area contributed by atoms with Gasteiger partial charge in [0.05, 0.1) is 12.0 Å². The Hall–Kier alpha value is -1.60. The molecule has 4 rings (SSSR count). The lowest BCUT2D eigenvalue weighted by atomic mass is 9.69. The first-order valence-corrected chi connectivity index (χ1v) is 12.5. The van der Waals surface area contributed by atoms with Crippen LogP contribution in [0.15, 0.2) is 29.2 Å². The van der Waals surface area contributed by atoms with Crippen LogP contribution in [0.4, 0.5) is 0 Å². The Bertz CT molecular complexity index is 904. The molecular weight excluding hydrogens is 400 g/mol. The van der Waals surface area contributed by atoms with Gasteiger partial charge in [0.2, 0.25) is 15.9 Å². The van der Waals surface area contributed by atoms with E-state index in [1.165, 1.54) is 17.1 Å². The molecule has 0 aromatic heterocycles. The number of carbonyl (C=O) groups is 1. The predicted molar refractivity (Wildman–Crippen MR) is 116 cm³/mol. The molecule has 1 N–H and O–H groups in total. The number of fused-ring (bicyclic) bond motifs is 2. The number of sulfonamides is 1. The van der Waals surface area contributed by atoms with E-state index in [4.69, 9.17) is 4.74 Å². The Morgan fingerprint density at radius 2 is 1.73 bits per heavy atom. The molecule has 3 atom stereocenters. The Labute approximate surface area is 180 Å². The van der Waals surface area contributed by atoms with Crippen molar-refractivity contribution in [3.63, 3.8) is 0 Å². The van der Waals surface area contributed by atoms with E-state index in [0.717, 1.165) is 6.42 Å². The van der Waals surface area contributed by atoms with E-state index < -0.39 is 10.0 Å². The van der Waals surface area contributed by atoms with Gasteiger partial charge in [0.15, 0.2) is 0 Å². The van der Waals surface area contributed by atoms with Crippen molar-refractivity contribution >= 4 is 15.9 Å². The van der Waals surface area contributed by atoms with E-state index in [9.17, 15) is 13.2 Å². The number of benzene rings is 1. The van der Waals surface area contributed by atoms with Crippen LogP contribution in [-0.2, 0) is 14.8 Å². The van der Waals surface area contributed by atoms with Gasteiger partial charge < -0.3 is 10.1 Å². The molecule has 0 spiro atoms. The van der Waals surface area contributed by atoms with E-state index in [1.807, 2.05) is 0 Å². The predicted octanol–water partition coefficient (Wildman–Crippen LogP) is 3.43. The summed E-state index contributed by atoms with van der Waals surface area (Å²) in [6, 6.07) is 6.70. The summed E-state index contributed by atoms with van der Waals surface area (Å²) in [5.74, 6) is 1.30. The smallest absolute Gasteiger partial charge is 0.243 e. The lowest BCUT2D eigenvalue weighted by Gasteiger charge is -2.40. The van der Waals surface area contributed by atoms with Gasteiger partial charge in [0.1, 0.15) is 5.75 Å². The molecule has 2 saturated carbocycles. The van der Waals surface area contributed by atoms with Gasteiger partial charge in [0.25, 0.3) is 0 Å². The van der Waals surface area contributed by atoms with Crippen molar-refractivity contribution in [3.05, 3.63) is 24.3 Å². The van der Waals surface area contributed by atoms with Gasteiger partial charge in [-0.15, -0.1) is 0 Å². The van der Waals surface area contributed by atoms with Crippen molar-refractivity contribution in [1.82, 2.24) is 9.62 Å². The van der Waals surface area contributed by atoms with E-state index >= 15 is 0 Å². The summed E-state index contributed by atoms with van der Waals surface area (Å²) < 4.78 is 32.5. The number of piperidine rings is 1. The third-order valence-corrected chi connectivity index (χ3v) is 10.5. The first-order chi connectivity index (χ1) is 14.1. The molecule has 3 fully saturated rings. The maximum Gasteiger partial charge on any atom is 0.243 e. The first kappa shape index (κ1) is 21.6. The summed E-state index contributed by atoms with van der Waals surface area (Å²) in [6.45, 7) is 7.78. The van der Waals surface area contributed by atoms with Crippen LogP contribution in [0, 0.1) is 22.7 Å². The summed E-state index contributed by atoms with van der Waals surface area (Å²) >= 11 is 0. The molecule has 166 valence electrons. The number of amides is 1. The number of rotatable bonds is 5. The average Bonchev–Trinajstić information content (AvgIpc) is 3.07. The summed E-state index contributed by atoms with van der Waals surface area (Å²) in [5.41, 5.74) is 0.423. The molecule has 1 aromatic carbocycles. The molecule has 1 aliphatic heterocycles. The van der Waals surface area contributed by atoms with Crippen LogP contribution < -0.4 is 10.1 Å². The maximum absolute atomic E-state index is 13.0. The van der Waals surface area contributed by atoms with E-state index in [-0.39, 0.29) is 33.6 Å². The van der Waals surface area contributed by atoms with Crippen molar-refractivity contribution in [2.75, 3.05) is 20.2 Å². The molecule has 7 heteroatoms. The zero-order valence-electron chi connectivity index (χ0n) is 18.5. The monoisotopic (exact) mass is 434 g/mol. The van der Waals surface area contributed by atoms with Crippen LogP contribution in [0.1, 0.15) is 52.9 Å². The van der Waals surface area contributed by atoms with E-state index in [0.29, 0.717) is 37.6 Å². The SMILES string of the molecule is COc1ccc(S(=O)(=O)N2CCC(C(=O)NC3CC4CCC3(C)C4(C)C)CC2)cc1. The van der Waals surface area contributed by atoms with Crippen molar-refractivity contribution in [3.8, 4) is 5.75 Å². The molecule has 2 aliphatic carbocycles. The molecule has 3 aliphatic rings. The number of hydrogen-bond acceptors (Lipinski definition) is 4. The molecule has 0 radical (unpaired) electrons. The minimum absolute atomic E-state index is 0.103. The number of methoxy groups -OCH3 is 1. The molecule has 1 amide bonds. The number of hydrogen-bond donors (Lipinski definition) is 1. The van der Waals surface area contributed by atoms with Crippen LogP contribution >= 0.6 is 0 Å². The van der Waals surface area contributed by atoms with Crippen molar-refractivity contribution in [2.45, 2.75) is 63.8 Å². The van der Waals surface area contributed by atoms with Crippen LogP contribution in [0.2, 0.25) is 0 Å². The van der Waals surface area contributed by atoms with Crippen molar-refractivity contribution < 1.29 is 17.9 Å². The van der Waals surface area contributed by atoms with Gasteiger partial charge in [-0.1, -0.05) is 20.8 Å². The van der Waals surface area contributed by atoms with Gasteiger partial charge in [-0.25, -0.2) is 8.42 Å². The first-order valence-electron chi connectivity index (χ1n) is 11.0. The second-order valence-corrected chi connectivity index (χ2v) is 12.0. The quantitative estimate of drug-likeness (QED) is 0.770. The minimum Gasteiger partial charge on any atom is -0.497 e. The second kappa shape index (κ2) is 7.52. The van der Waals surface area contributed by atoms with Crippen LogP contribution in [0.25, 0.3) is 0 Å². The van der Waals surface area contributed by atoms with Crippen LogP contribution in [-0.4, -0.2) is 44.9 Å². The molecular formula is C23H34N2O4S. The lowest BCUT2D eigenvalue weighted by Crippen LogP contribution is -2.50. The molecule has 2 bridgehead atoms. The van der Waals surface area contributed by atoms with Crippen LogP contribution in [0.3, 0.4) is 0 Å². The second-order valence-electron chi connectivity index (χ2n) is 10.0. The highest BCUT2D eigenvalue weighted by atomic mass is 32.2. The molecule has 30 heavy (non-hydrogen) atoms. The molecule has 1 heterocycles. The third kappa shape index (κ3) is 3.34. The summed E-state index contributed by atoms with van der Waals surface area (Å²) in [5, 5.41) is 3.35. The number of nitrogens with zero attached hydrogens (tertiary/aromatic N) is 1. The fraction of sp³-hybridized carbons (Fsp3) is 0.696. The Balaban J connectivity index is 1.36. The number of carbonyl (C=O) groups excluding carboxylic acids is 1. The summed E-state index contributed by atoms with van der Waals surface area (Å²) in [7, 11) is -1.99. The molecule has 3 unspecified atom stereocenters. The highest BCUT2D eigenvalue weighted by Crippen LogP contribution is 2.65. The normalized spacial score (nSPS) is 31.6. The summed E-state index contributed by atoms with van der Waals surface area (Å²) in [6.07, 6.45) is 4.64. The lowest BCUT2D eigenvalue weighted by molar-refractivity contribution is -0.127. The molecule has 1 saturated heterocycles. The fourth-order valence-corrected chi connectivity index (χ4v) is 7.44. The zero-order chi connectivity index (χ0) is 21.7. The van der Waals surface area contributed by atoms with Gasteiger partial charge in [0, 0.05) is 25.0 Å². The fourth-order valence-electron chi connectivity index (χ4n) is 5.97. The van der Waals surface area contributed by atoms with Crippen LogP contribution in [0.5, 0.6) is 5.75 Å². The van der Waals surface area contributed by atoms with E-state index in [2.05, 4.69) is 26.1 Å². The topological polar surface area (TPSA) is 75.7 Å². The molecule has 1 aromatic rings. The number of ether oxygens (including phenoxy) is 1. The maximum atomic E-state index is 13.0. The zero-order valence-corrected chi connectivity index (χ0v) is 19.3. The van der Waals surface area contributed by atoms with Crippen molar-refractivity contribution in [1.29, 1.82) is 0 Å². The summed E-state index contributed by atoms with van der Waals surface area (Å²) in [4.78, 5) is 13.3. The largest absolute Gasteiger partial charge is 0.497 e. The van der Waals surface area contributed by atoms with Gasteiger partial charge >= 0.3 is 0 Å². The average molecular weight is 435 g/mol. The van der Waals surface area contributed by atoms with E-state index in [1.54, 1.807) is 31.4 Å². The molecule has 6 nitrogen and oxygen atoms in total. The highest BCUT2D eigenvalue weighted by molar-refractivity contribution is 7.89. The van der Waals surface area contributed by atoms with Gasteiger partial charge in [-0.3, -0.25) is 4.79 Å². The van der Waals surface area contributed by atoms with Crippen molar-refractivity contribution in [2.24, 2.45) is 22.7 Å². The van der Waals surface area contributed by atoms with Gasteiger partial charge in [-0.2, -0.15) is 4.31 Å².